The van der Waals surface area contributed by atoms with Crippen LogP contribution in [0.4, 0.5) is 0 Å². The van der Waals surface area contributed by atoms with Crippen molar-refractivity contribution < 1.29 is 4.74 Å². The molecule has 76 valence electrons. The van der Waals surface area contributed by atoms with Crippen LogP contribution in [0.15, 0.2) is 12.7 Å². The molecule has 2 atom stereocenters. The fourth-order valence-electron chi connectivity index (χ4n) is 1.70. The maximum absolute atomic E-state index is 5.49. The Morgan fingerprint density at radius 2 is 2.31 bits per heavy atom. The van der Waals surface area contributed by atoms with E-state index in [0.29, 0.717) is 12.1 Å². The van der Waals surface area contributed by atoms with Crippen LogP contribution in [0.5, 0.6) is 0 Å². The lowest BCUT2D eigenvalue weighted by atomic mass is 10.1. The van der Waals surface area contributed by atoms with Gasteiger partial charge in [0, 0.05) is 7.11 Å². The number of ether oxygens (including phenoxy) is 1. The molecule has 13 heavy (non-hydrogen) atoms. The maximum Gasteiger partial charge on any atom is 0.0787 e. The van der Waals surface area contributed by atoms with E-state index in [1.165, 1.54) is 12.8 Å². The van der Waals surface area contributed by atoms with Gasteiger partial charge in [-0.3, -0.25) is 0 Å². The highest BCUT2D eigenvalue weighted by atomic mass is 16.5. The highest BCUT2D eigenvalue weighted by Gasteiger charge is 2.35. The molecule has 0 aliphatic heterocycles. The maximum atomic E-state index is 5.49. The predicted octanol–water partition coefficient (Wildman–Crippen LogP) is 1.97. The average molecular weight is 183 g/mol. The molecule has 0 bridgehead atoms. The van der Waals surface area contributed by atoms with Crippen molar-refractivity contribution in [2.24, 2.45) is 5.92 Å². The summed E-state index contributed by atoms with van der Waals surface area (Å²) >= 11 is 0. The van der Waals surface area contributed by atoms with Crippen LogP contribution in [-0.4, -0.2) is 25.8 Å². The Hall–Kier alpha value is -0.340. The third kappa shape index (κ3) is 3.12. The highest BCUT2D eigenvalue weighted by molar-refractivity contribution is 4.98. The Morgan fingerprint density at radius 1 is 1.62 bits per heavy atom. The molecule has 0 amide bonds. The number of hydrogen-bond acceptors (Lipinski definition) is 2. The van der Waals surface area contributed by atoms with Gasteiger partial charge < -0.3 is 10.1 Å². The zero-order valence-electron chi connectivity index (χ0n) is 8.75. The molecule has 2 unspecified atom stereocenters. The summed E-state index contributed by atoms with van der Waals surface area (Å²) in [4.78, 5) is 0. The summed E-state index contributed by atoms with van der Waals surface area (Å²) < 4.78 is 5.49. The van der Waals surface area contributed by atoms with Crippen molar-refractivity contribution in [3.8, 4) is 0 Å². The summed E-state index contributed by atoms with van der Waals surface area (Å²) in [5.74, 6) is 0.761. The number of methoxy groups -OCH3 is 1. The minimum absolute atomic E-state index is 0.331. The Balaban J connectivity index is 2.36. The molecule has 0 aromatic rings. The molecule has 1 aliphatic rings. The van der Waals surface area contributed by atoms with E-state index >= 15 is 0 Å². The third-order valence-corrected chi connectivity index (χ3v) is 2.60. The van der Waals surface area contributed by atoms with Crippen LogP contribution in [-0.2, 0) is 4.74 Å². The van der Waals surface area contributed by atoms with Crippen molar-refractivity contribution in [1.82, 2.24) is 5.32 Å². The molecule has 1 rings (SSSR count). The SMILES string of the molecule is C=CC(NCCC)C(OC)C1CC1. The molecule has 2 nitrogen and oxygen atoms in total. The summed E-state index contributed by atoms with van der Waals surface area (Å²) in [6, 6.07) is 0.331. The van der Waals surface area contributed by atoms with E-state index in [-0.39, 0.29) is 0 Å². The van der Waals surface area contributed by atoms with E-state index in [4.69, 9.17) is 4.74 Å². The van der Waals surface area contributed by atoms with Gasteiger partial charge >= 0.3 is 0 Å². The summed E-state index contributed by atoms with van der Waals surface area (Å²) in [5.41, 5.74) is 0. The van der Waals surface area contributed by atoms with Crippen LogP contribution in [0.1, 0.15) is 26.2 Å². The van der Waals surface area contributed by atoms with Gasteiger partial charge in [0.25, 0.3) is 0 Å². The lowest BCUT2D eigenvalue weighted by Crippen LogP contribution is -2.41. The monoisotopic (exact) mass is 183 g/mol. The van der Waals surface area contributed by atoms with E-state index in [2.05, 4.69) is 18.8 Å². The van der Waals surface area contributed by atoms with Gasteiger partial charge in [0.2, 0.25) is 0 Å². The number of hydrogen-bond donors (Lipinski definition) is 1. The van der Waals surface area contributed by atoms with E-state index in [9.17, 15) is 0 Å². The minimum atomic E-state index is 0.331. The zero-order chi connectivity index (χ0) is 9.68. The molecule has 0 heterocycles. The first-order chi connectivity index (χ1) is 6.33. The average Bonchev–Trinajstić information content (AvgIpc) is 2.95. The molecule has 0 aromatic carbocycles. The summed E-state index contributed by atoms with van der Waals surface area (Å²) in [6.07, 6.45) is 6.10. The van der Waals surface area contributed by atoms with Gasteiger partial charge in [-0.25, -0.2) is 0 Å². The zero-order valence-corrected chi connectivity index (χ0v) is 8.75. The standard InChI is InChI=1S/C11H21NO/c1-4-8-12-10(5-2)11(13-3)9-6-7-9/h5,9-12H,2,4,6-8H2,1,3H3. The van der Waals surface area contributed by atoms with Gasteiger partial charge in [-0.2, -0.15) is 0 Å². The fourth-order valence-corrected chi connectivity index (χ4v) is 1.70. The van der Waals surface area contributed by atoms with E-state index < -0.39 is 0 Å². The van der Waals surface area contributed by atoms with Crippen molar-refractivity contribution in [2.45, 2.75) is 38.3 Å². The molecule has 2 heteroatoms. The molecule has 0 radical (unpaired) electrons. The first-order valence-electron chi connectivity index (χ1n) is 5.22. The van der Waals surface area contributed by atoms with Gasteiger partial charge in [-0.15, -0.1) is 6.58 Å². The van der Waals surface area contributed by atoms with Crippen LogP contribution < -0.4 is 5.32 Å². The van der Waals surface area contributed by atoms with Gasteiger partial charge in [-0.05, 0) is 31.7 Å². The smallest absolute Gasteiger partial charge is 0.0787 e. The van der Waals surface area contributed by atoms with Crippen LogP contribution in [0.25, 0.3) is 0 Å². The first-order valence-corrected chi connectivity index (χ1v) is 5.22. The van der Waals surface area contributed by atoms with Crippen molar-refractivity contribution in [2.75, 3.05) is 13.7 Å². The second kappa shape index (κ2) is 5.40. The quantitative estimate of drug-likeness (QED) is 0.609. The Kier molecular flexibility index (Phi) is 4.46. The van der Waals surface area contributed by atoms with Crippen LogP contribution in [0.3, 0.4) is 0 Å². The minimum Gasteiger partial charge on any atom is -0.379 e. The Labute approximate surface area is 81.4 Å². The lowest BCUT2D eigenvalue weighted by molar-refractivity contribution is 0.0645. The molecular formula is C11H21NO. The molecule has 1 aliphatic carbocycles. The van der Waals surface area contributed by atoms with Gasteiger partial charge in [-0.1, -0.05) is 13.0 Å². The number of rotatable bonds is 7. The molecule has 0 aromatic heterocycles. The Morgan fingerprint density at radius 3 is 2.69 bits per heavy atom. The van der Waals surface area contributed by atoms with Crippen molar-refractivity contribution in [1.29, 1.82) is 0 Å². The van der Waals surface area contributed by atoms with Gasteiger partial charge in [0.1, 0.15) is 0 Å². The van der Waals surface area contributed by atoms with Crippen LogP contribution in [0.2, 0.25) is 0 Å². The van der Waals surface area contributed by atoms with Crippen LogP contribution >= 0.6 is 0 Å². The fraction of sp³-hybridized carbons (Fsp3) is 0.818. The molecule has 0 spiro atoms. The first kappa shape index (κ1) is 10.7. The predicted molar refractivity (Wildman–Crippen MR) is 55.8 cm³/mol. The van der Waals surface area contributed by atoms with E-state index in [1.807, 2.05) is 6.08 Å². The van der Waals surface area contributed by atoms with Gasteiger partial charge in [0.05, 0.1) is 12.1 Å². The van der Waals surface area contributed by atoms with Crippen LogP contribution in [0, 0.1) is 5.92 Å². The molecule has 1 saturated carbocycles. The van der Waals surface area contributed by atoms with Crippen molar-refractivity contribution in [3.63, 3.8) is 0 Å². The lowest BCUT2D eigenvalue weighted by Gasteiger charge is -2.24. The van der Waals surface area contributed by atoms with Crippen molar-refractivity contribution in [3.05, 3.63) is 12.7 Å². The highest BCUT2D eigenvalue weighted by Crippen LogP contribution is 2.35. The molecule has 1 N–H and O–H groups in total. The molecular weight excluding hydrogens is 162 g/mol. The largest absolute Gasteiger partial charge is 0.379 e. The second-order valence-corrected chi connectivity index (χ2v) is 3.75. The Bertz CT molecular complexity index is 154. The van der Waals surface area contributed by atoms with E-state index in [0.717, 1.165) is 18.9 Å². The van der Waals surface area contributed by atoms with Gasteiger partial charge in [0.15, 0.2) is 0 Å². The summed E-state index contributed by atoms with van der Waals surface area (Å²) in [6.45, 7) is 7.07. The van der Waals surface area contributed by atoms with Crippen molar-refractivity contribution >= 4 is 0 Å². The van der Waals surface area contributed by atoms with E-state index in [1.54, 1.807) is 7.11 Å². The topological polar surface area (TPSA) is 21.3 Å². The third-order valence-electron chi connectivity index (χ3n) is 2.60. The molecule has 0 saturated heterocycles. The molecule has 1 fully saturated rings. The second-order valence-electron chi connectivity index (χ2n) is 3.75. The summed E-state index contributed by atoms with van der Waals surface area (Å²) in [7, 11) is 1.80. The number of nitrogens with one attached hydrogen (secondary N) is 1. The summed E-state index contributed by atoms with van der Waals surface area (Å²) in [5, 5.41) is 3.45. The normalized spacial score (nSPS) is 21.1.